The van der Waals surface area contributed by atoms with E-state index < -0.39 is 47.7 Å². The van der Waals surface area contributed by atoms with Crippen molar-refractivity contribution in [3.63, 3.8) is 0 Å². The van der Waals surface area contributed by atoms with E-state index in [1.165, 1.54) is 23.7 Å². The molecular formula is C27H47N5O7S. The van der Waals surface area contributed by atoms with Gasteiger partial charge in [-0.2, -0.15) is 11.8 Å². The number of rotatable bonds is 19. The number of ketones is 1. The van der Waals surface area contributed by atoms with Crippen molar-refractivity contribution in [3.05, 3.63) is 0 Å². The molecule has 0 aliphatic carbocycles. The third kappa shape index (κ3) is 12.2. The molecule has 1 heterocycles. The molecule has 4 amide bonds. The van der Waals surface area contributed by atoms with Gasteiger partial charge in [0.1, 0.15) is 12.1 Å². The van der Waals surface area contributed by atoms with E-state index in [1.54, 1.807) is 0 Å². The van der Waals surface area contributed by atoms with Crippen LogP contribution in [0.5, 0.6) is 0 Å². The number of carboxylic acid groups (broad SMARTS) is 1. The van der Waals surface area contributed by atoms with Crippen LogP contribution in [0.2, 0.25) is 0 Å². The monoisotopic (exact) mass is 585 g/mol. The SMILES string of the molecule is CCCCC[C@H](CC(N)=O)C(=O)N1NCCC[C@H]1C(=O)N[C@H](C(=O)CCSC[C@H](NC(C)=O)C(=O)O)[C@@H](C)CC. The number of nitrogens with one attached hydrogen (secondary N) is 3. The first kappa shape index (κ1) is 35.4. The van der Waals surface area contributed by atoms with Crippen LogP contribution in [0.15, 0.2) is 0 Å². The van der Waals surface area contributed by atoms with Gasteiger partial charge in [0.25, 0.3) is 0 Å². The van der Waals surface area contributed by atoms with E-state index in [2.05, 4.69) is 16.1 Å². The molecule has 1 aliphatic heterocycles. The first-order valence-electron chi connectivity index (χ1n) is 14.2. The average Bonchev–Trinajstić information content (AvgIpc) is 2.91. The number of nitrogens with zero attached hydrogens (tertiary/aromatic N) is 1. The summed E-state index contributed by atoms with van der Waals surface area (Å²) in [5, 5.41) is 15.8. The van der Waals surface area contributed by atoms with E-state index >= 15 is 0 Å². The van der Waals surface area contributed by atoms with Gasteiger partial charge in [-0.1, -0.05) is 46.5 Å². The number of aliphatic carboxylic acids is 1. The Kier molecular flexibility index (Phi) is 16.5. The summed E-state index contributed by atoms with van der Waals surface area (Å²) in [6.45, 7) is 7.58. The second-order valence-corrected chi connectivity index (χ2v) is 11.5. The number of carbonyl (C=O) groups excluding carboxylic acids is 5. The van der Waals surface area contributed by atoms with Crippen molar-refractivity contribution in [3.8, 4) is 0 Å². The van der Waals surface area contributed by atoms with Gasteiger partial charge in [-0.25, -0.2) is 10.2 Å². The molecule has 228 valence electrons. The second-order valence-electron chi connectivity index (χ2n) is 10.4. The van der Waals surface area contributed by atoms with E-state index in [-0.39, 0.29) is 36.2 Å². The molecule has 0 saturated carbocycles. The summed E-state index contributed by atoms with van der Waals surface area (Å²) in [4.78, 5) is 74.2. The van der Waals surface area contributed by atoms with E-state index in [9.17, 15) is 33.9 Å². The molecular weight excluding hydrogens is 538 g/mol. The van der Waals surface area contributed by atoms with Crippen LogP contribution in [0, 0.1) is 11.8 Å². The van der Waals surface area contributed by atoms with Crippen LogP contribution >= 0.6 is 11.8 Å². The smallest absolute Gasteiger partial charge is 0.327 e. The predicted molar refractivity (Wildman–Crippen MR) is 153 cm³/mol. The zero-order valence-electron chi connectivity index (χ0n) is 24.2. The molecule has 0 radical (unpaired) electrons. The van der Waals surface area contributed by atoms with Gasteiger partial charge in [0.2, 0.25) is 23.6 Å². The number of primary amides is 1. The summed E-state index contributed by atoms with van der Waals surface area (Å²) in [5.41, 5.74) is 8.43. The molecule has 12 nitrogen and oxygen atoms in total. The first-order valence-corrected chi connectivity index (χ1v) is 15.3. The van der Waals surface area contributed by atoms with Crippen molar-refractivity contribution < 1.29 is 33.9 Å². The summed E-state index contributed by atoms with van der Waals surface area (Å²) in [5.74, 6) is -3.48. The third-order valence-electron chi connectivity index (χ3n) is 7.05. The average molecular weight is 586 g/mol. The Labute approximate surface area is 241 Å². The molecule has 40 heavy (non-hydrogen) atoms. The Bertz CT molecular complexity index is 887. The molecule has 0 bridgehead atoms. The van der Waals surface area contributed by atoms with Crippen LogP contribution in [0.25, 0.3) is 0 Å². The molecule has 1 saturated heterocycles. The first-order chi connectivity index (χ1) is 18.9. The van der Waals surface area contributed by atoms with Crippen molar-refractivity contribution in [1.82, 2.24) is 21.1 Å². The molecule has 0 aromatic rings. The van der Waals surface area contributed by atoms with Gasteiger partial charge in [0.15, 0.2) is 5.78 Å². The summed E-state index contributed by atoms with van der Waals surface area (Å²) < 4.78 is 0. The Morgan fingerprint density at radius 1 is 1.12 bits per heavy atom. The van der Waals surface area contributed by atoms with Crippen LogP contribution in [0.1, 0.15) is 85.5 Å². The number of nitrogens with two attached hydrogens (primary N) is 1. The summed E-state index contributed by atoms with van der Waals surface area (Å²) in [6, 6.07) is -2.65. The lowest BCUT2D eigenvalue weighted by Crippen LogP contribution is -2.62. The molecule has 1 rings (SSSR count). The molecule has 5 atom stereocenters. The van der Waals surface area contributed by atoms with Gasteiger partial charge in [-0.15, -0.1) is 0 Å². The van der Waals surface area contributed by atoms with Crippen LogP contribution < -0.4 is 21.8 Å². The lowest BCUT2D eigenvalue weighted by molar-refractivity contribution is -0.151. The third-order valence-corrected chi connectivity index (χ3v) is 8.11. The highest BCUT2D eigenvalue weighted by Gasteiger charge is 2.38. The van der Waals surface area contributed by atoms with Crippen molar-refractivity contribution in [1.29, 1.82) is 0 Å². The van der Waals surface area contributed by atoms with Gasteiger partial charge >= 0.3 is 5.97 Å². The second kappa shape index (κ2) is 18.6. The standard InChI is InChI=1S/C27H47N5O7S/c1-5-7-8-10-19(15-23(28)35)26(37)32-21(11-9-13-29-32)25(36)31-24(17(3)6-2)22(34)12-14-40-16-20(27(38)39)30-18(4)33/h17,19-21,24,29H,5-16H2,1-4H3,(H2,28,35)(H,30,33)(H,31,36)(H,38,39)/t17-,19+,20-,21-,24-/m0/s1. The normalized spacial score (nSPS) is 18.2. The van der Waals surface area contributed by atoms with Gasteiger partial charge in [-0.05, 0) is 25.2 Å². The highest BCUT2D eigenvalue weighted by molar-refractivity contribution is 7.99. The number of unbranched alkanes of at least 4 members (excludes halogenated alkanes) is 2. The minimum atomic E-state index is -1.15. The highest BCUT2D eigenvalue weighted by Crippen LogP contribution is 2.22. The Morgan fingerprint density at radius 3 is 2.40 bits per heavy atom. The highest BCUT2D eigenvalue weighted by atomic mass is 32.2. The van der Waals surface area contributed by atoms with Crippen LogP contribution in [0.3, 0.4) is 0 Å². The van der Waals surface area contributed by atoms with Crippen molar-refractivity contribution in [2.75, 3.05) is 18.1 Å². The van der Waals surface area contributed by atoms with Gasteiger partial charge in [0, 0.05) is 43.7 Å². The van der Waals surface area contributed by atoms with Crippen molar-refractivity contribution >= 4 is 47.1 Å². The largest absolute Gasteiger partial charge is 0.480 e. The summed E-state index contributed by atoms with van der Waals surface area (Å²) in [6.07, 6.45) is 4.88. The van der Waals surface area contributed by atoms with Crippen molar-refractivity contribution in [2.45, 2.75) is 104 Å². The van der Waals surface area contributed by atoms with Gasteiger partial charge in [-0.3, -0.25) is 29.0 Å². The van der Waals surface area contributed by atoms with E-state index in [0.29, 0.717) is 38.0 Å². The fourth-order valence-electron chi connectivity index (χ4n) is 4.58. The Balaban J connectivity index is 2.89. The molecule has 0 aromatic carbocycles. The van der Waals surface area contributed by atoms with Crippen LogP contribution in [-0.4, -0.2) is 81.7 Å². The van der Waals surface area contributed by atoms with Crippen molar-refractivity contribution in [2.24, 2.45) is 17.6 Å². The maximum Gasteiger partial charge on any atom is 0.327 e. The molecule has 0 unspecified atom stereocenters. The molecule has 0 aromatic heterocycles. The van der Waals surface area contributed by atoms with E-state index in [4.69, 9.17) is 5.73 Å². The number of carbonyl (C=O) groups is 6. The zero-order valence-corrected chi connectivity index (χ0v) is 25.0. The summed E-state index contributed by atoms with van der Waals surface area (Å²) in [7, 11) is 0. The minimum Gasteiger partial charge on any atom is -0.480 e. The van der Waals surface area contributed by atoms with Crippen LogP contribution in [-0.2, 0) is 28.8 Å². The quantitative estimate of drug-likeness (QED) is 0.139. The molecule has 13 heteroatoms. The number of amides is 4. The van der Waals surface area contributed by atoms with E-state index in [1.807, 2.05) is 20.8 Å². The maximum atomic E-state index is 13.5. The Morgan fingerprint density at radius 2 is 1.82 bits per heavy atom. The van der Waals surface area contributed by atoms with Crippen LogP contribution in [0.4, 0.5) is 0 Å². The predicted octanol–water partition coefficient (Wildman–Crippen LogP) is 1.37. The molecule has 1 fully saturated rings. The van der Waals surface area contributed by atoms with Gasteiger partial charge in [0.05, 0.1) is 6.04 Å². The maximum absolute atomic E-state index is 13.5. The number of Topliss-reactive ketones (excluding diaryl/α,β-unsaturated/α-hetero) is 1. The zero-order chi connectivity index (χ0) is 30.2. The fraction of sp³-hybridized carbons (Fsp3) is 0.778. The molecule has 0 spiro atoms. The number of thioether (sulfide) groups is 1. The molecule has 6 N–H and O–H groups in total. The lowest BCUT2D eigenvalue weighted by Gasteiger charge is -2.38. The molecule has 1 aliphatic rings. The fourth-order valence-corrected chi connectivity index (χ4v) is 5.56. The number of hydrogen-bond acceptors (Lipinski definition) is 8. The number of carboxylic acids is 1. The lowest BCUT2D eigenvalue weighted by atomic mass is 9.92. The Hall–Kier alpha value is -2.67. The number of hydrogen-bond donors (Lipinski definition) is 5. The minimum absolute atomic E-state index is 0.0919. The van der Waals surface area contributed by atoms with Gasteiger partial charge < -0.3 is 21.5 Å². The summed E-state index contributed by atoms with van der Waals surface area (Å²) >= 11 is 1.23. The number of hydrazine groups is 1. The topological polar surface area (TPSA) is 188 Å². The van der Waals surface area contributed by atoms with E-state index in [0.717, 1.165) is 19.3 Å².